The number of rotatable bonds is 5. The van der Waals surface area contributed by atoms with Gasteiger partial charge in [0, 0.05) is 15.5 Å². The number of halogens is 5. The molecule has 0 unspecified atom stereocenters. The third-order valence-corrected chi connectivity index (χ3v) is 5.58. The molecule has 2 aromatic carbocycles. The summed E-state index contributed by atoms with van der Waals surface area (Å²) in [5.41, 5.74) is 1.34. The highest BCUT2D eigenvalue weighted by Gasteiger charge is 2.30. The lowest BCUT2D eigenvalue weighted by atomic mass is 10.2. The fraction of sp³-hybridized carbons (Fsp3) is 0.111. The summed E-state index contributed by atoms with van der Waals surface area (Å²) in [6, 6.07) is 9.76. The van der Waals surface area contributed by atoms with Gasteiger partial charge in [-0.15, -0.1) is 11.3 Å². The van der Waals surface area contributed by atoms with Gasteiger partial charge in [0.25, 0.3) is 5.91 Å². The first-order chi connectivity index (χ1) is 13.3. The third-order valence-electron chi connectivity index (χ3n) is 3.68. The maximum Gasteiger partial charge on any atom is 0.416 e. The minimum Gasteiger partial charge on any atom is -0.330 e. The van der Waals surface area contributed by atoms with Crippen molar-refractivity contribution in [1.82, 2.24) is 4.98 Å². The van der Waals surface area contributed by atoms with Gasteiger partial charge in [-0.3, -0.25) is 4.79 Å². The summed E-state index contributed by atoms with van der Waals surface area (Å²) < 4.78 is 38.5. The van der Waals surface area contributed by atoms with Crippen molar-refractivity contribution in [2.24, 2.45) is 0 Å². The van der Waals surface area contributed by atoms with Crippen LogP contribution in [-0.4, -0.2) is 10.9 Å². The number of hydrogen-bond acceptors (Lipinski definition) is 4. The molecule has 3 aromatic rings. The van der Waals surface area contributed by atoms with Crippen LogP contribution >= 0.6 is 45.5 Å². The first kappa shape index (κ1) is 20.9. The van der Waals surface area contributed by atoms with E-state index < -0.39 is 17.6 Å². The number of alkyl halides is 4. The Bertz CT molecular complexity index is 992. The second-order valence-corrected chi connectivity index (χ2v) is 7.63. The molecule has 0 spiro atoms. The number of thiazole rings is 1. The zero-order chi connectivity index (χ0) is 20.3. The van der Waals surface area contributed by atoms with Gasteiger partial charge in [0.05, 0.1) is 16.3 Å². The van der Waals surface area contributed by atoms with Crippen molar-refractivity contribution in [1.29, 1.82) is 0 Å². The van der Waals surface area contributed by atoms with Crippen molar-refractivity contribution in [2.45, 2.75) is 10.6 Å². The fourth-order valence-corrected chi connectivity index (χ4v) is 3.87. The second-order valence-electron chi connectivity index (χ2n) is 5.60. The van der Waals surface area contributed by atoms with E-state index in [-0.39, 0.29) is 11.4 Å². The zero-order valence-corrected chi connectivity index (χ0v) is 17.7. The summed E-state index contributed by atoms with van der Waals surface area (Å²) >= 11 is 9.68. The number of aromatic nitrogens is 1. The van der Waals surface area contributed by atoms with Crippen molar-refractivity contribution < 1.29 is 18.0 Å². The molecule has 0 radical (unpaired) electrons. The molecule has 0 saturated heterocycles. The quantitative estimate of drug-likeness (QED) is 0.280. The molecule has 0 fully saturated rings. The molecule has 1 aromatic heterocycles. The Kier molecular flexibility index (Phi) is 6.46. The van der Waals surface area contributed by atoms with Gasteiger partial charge >= 0.3 is 6.18 Å². The molecule has 10 heteroatoms. The summed E-state index contributed by atoms with van der Waals surface area (Å²) in [6.45, 7) is 0. The Morgan fingerprint density at radius 1 is 1.18 bits per heavy atom. The van der Waals surface area contributed by atoms with Crippen molar-refractivity contribution in [3.63, 3.8) is 0 Å². The van der Waals surface area contributed by atoms with Gasteiger partial charge < -0.3 is 10.6 Å². The first-order valence-electron chi connectivity index (χ1n) is 7.82. The molecule has 2 N–H and O–H groups in total. The summed E-state index contributed by atoms with van der Waals surface area (Å²) in [4.78, 5) is 16.5. The Labute approximate surface area is 181 Å². The SMILES string of the molecule is O=C(Nc1ccc(C(F)(F)F)cc1)c1csc(Nc2c(Cl)cccc2CI)n1. The minimum absolute atomic E-state index is 0.149. The first-order valence-corrected chi connectivity index (χ1v) is 10.6. The third kappa shape index (κ3) is 4.95. The van der Waals surface area contributed by atoms with E-state index in [9.17, 15) is 18.0 Å². The predicted octanol–water partition coefficient (Wildman–Crippen LogP) is 6.75. The van der Waals surface area contributed by atoms with Gasteiger partial charge in [0.2, 0.25) is 0 Å². The number of amides is 1. The zero-order valence-electron chi connectivity index (χ0n) is 14.0. The number of benzene rings is 2. The van der Waals surface area contributed by atoms with E-state index in [1.54, 1.807) is 11.4 Å². The van der Waals surface area contributed by atoms with E-state index >= 15 is 0 Å². The van der Waals surface area contributed by atoms with E-state index in [4.69, 9.17) is 11.6 Å². The Hall–Kier alpha value is -1.85. The number of nitrogens with one attached hydrogen (secondary N) is 2. The van der Waals surface area contributed by atoms with Gasteiger partial charge in [-0.25, -0.2) is 4.98 Å². The largest absolute Gasteiger partial charge is 0.416 e. The summed E-state index contributed by atoms with van der Waals surface area (Å²) in [5, 5.41) is 8.23. The number of para-hydroxylation sites is 1. The number of nitrogens with zero attached hydrogens (tertiary/aromatic N) is 1. The molecule has 0 aliphatic rings. The molecule has 1 heterocycles. The highest BCUT2D eigenvalue weighted by atomic mass is 127. The fourth-order valence-electron chi connectivity index (χ4n) is 2.30. The molecule has 0 aliphatic heterocycles. The van der Waals surface area contributed by atoms with Gasteiger partial charge in [0.1, 0.15) is 5.69 Å². The van der Waals surface area contributed by atoms with Gasteiger partial charge in [-0.05, 0) is 35.9 Å². The van der Waals surface area contributed by atoms with E-state index in [0.29, 0.717) is 10.2 Å². The second kappa shape index (κ2) is 8.66. The number of carbonyl (C=O) groups is 1. The molecule has 28 heavy (non-hydrogen) atoms. The predicted molar refractivity (Wildman–Crippen MR) is 114 cm³/mol. The molecular weight excluding hydrogens is 526 g/mol. The average molecular weight is 538 g/mol. The monoisotopic (exact) mass is 537 g/mol. The molecule has 3 rings (SSSR count). The van der Waals surface area contributed by atoms with Crippen LogP contribution in [0.4, 0.5) is 29.7 Å². The highest BCUT2D eigenvalue weighted by molar-refractivity contribution is 14.1. The lowest BCUT2D eigenvalue weighted by Crippen LogP contribution is -2.13. The standard InChI is InChI=1S/C18H12ClF3IN3OS/c19-13-3-1-2-10(8-23)15(13)26-17-25-14(9-28-17)16(27)24-12-6-4-11(5-7-12)18(20,21)22/h1-7,9H,8H2,(H,24,27)(H,25,26). The molecule has 1 amide bonds. The molecular formula is C18H12ClF3IN3OS. The van der Waals surface area contributed by atoms with Crippen molar-refractivity contribution in [3.8, 4) is 0 Å². The van der Waals surface area contributed by atoms with Crippen LogP contribution in [0.25, 0.3) is 0 Å². The number of hydrogen-bond donors (Lipinski definition) is 2. The van der Waals surface area contributed by atoms with E-state index in [2.05, 4.69) is 38.2 Å². The van der Waals surface area contributed by atoms with Crippen LogP contribution < -0.4 is 10.6 Å². The topological polar surface area (TPSA) is 54.0 Å². The van der Waals surface area contributed by atoms with E-state index in [1.807, 2.05) is 12.1 Å². The van der Waals surface area contributed by atoms with Gasteiger partial charge in [0.15, 0.2) is 5.13 Å². The maximum absolute atomic E-state index is 12.6. The van der Waals surface area contributed by atoms with Crippen LogP contribution in [-0.2, 0) is 10.6 Å². The Morgan fingerprint density at radius 3 is 2.54 bits per heavy atom. The molecule has 0 saturated carbocycles. The normalized spacial score (nSPS) is 11.3. The van der Waals surface area contributed by atoms with Crippen LogP contribution in [0.5, 0.6) is 0 Å². The minimum atomic E-state index is -4.42. The summed E-state index contributed by atoms with van der Waals surface area (Å²) in [5.74, 6) is -0.516. The van der Waals surface area contributed by atoms with E-state index in [1.165, 1.54) is 23.5 Å². The van der Waals surface area contributed by atoms with Crippen LogP contribution in [0, 0.1) is 0 Å². The van der Waals surface area contributed by atoms with Crippen molar-refractivity contribution in [2.75, 3.05) is 10.6 Å². The summed E-state index contributed by atoms with van der Waals surface area (Å²) in [7, 11) is 0. The van der Waals surface area contributed by atoms with Gasteiger partial charge in [-0.2, -0.15) is 13.2 Å². The molecule has 0 atom stereocenters. The van der Waals surface area contributed by atoms with Crippen LogP contribution in [0.1, 0.15) is 21.6 Å². The lowest BCUT2D eigenvalue weighted by Gasteiger charge is -2.10. The van der Waals surface area contributed by atoms with Crippen LogP contribution in [0.3, 0.4) is 0 Å². The van der Waals surface area contributed by atoms with Crippen LogP contribution in [0.2, 0.25) is 5.02 Å². The molecule has 0 bridgehead atoms. The maximum atomic E-state index is 12.6. The lowest BCUT2D eigenvalue weighted by molar-refractivity contribution is -0.137. The molecule has 0 aliphatic carbocycles. The molecule has 146 valence electrons. The Morgan fingerprint density at radius 2 is 1.89 bits per heavy atom. The van der Waals surface area contributed by atoms with E-state index in [0.717, 1.165) is 27.8 Å². The highest BCUT2D eigenvalue weighted by Crippen LogP contribution is 2.32. The Balaban J connectivity index is 1.71. The van der Waals surface area contributed by atoms with Crippen molar-refractivity contribution >= 4 is 67.9 Å². The number of anilines is 3. The van der Waals surface area contributed by atoms with Gasteiger partial charge in [-0.1, -0.05) is 46.3 Å². The smallest absolute Gasteiger partial charge is 0.330 e. The summed E-state index contributed by atoms with van der Waals surface area (Å²) in [6.07, 6.45) is -4.42. The van der Waals surface area contributed by atoms with Crippen molar-refractivity contribution in [3.05, 3.63) is 69.7 Å². The average Bonchev–Trinajstić information content (AvgIpc) is 3.12. The number of carbonyl (C=O) groups excluding carboxylic acids is 1. The molecule has 4 nitrogen and oxygen atoms in total. The van der Waals surface area contributed by atoms with Crippen LogP contribution in [0.15, 0.2) is 47.8 Å².